The van der Waals surface area contributed by atoms with Crippen molar-refractivity contribution in [1.82, 2.24) is 15.2 Å². The summed E-state index contributed by atoms with van der Waals surface area (Å²) in [7, 11) is 0. The fourth-order valence-corrected chi connectivity index (χ4v) is 4.58. The van der Waals surface area contributed by atoms with Gasteiger partial charge in [0.15, 0.2) is 5.13 Å². The summed E-state index contributed by atoms with van der Waals surface area (Å²) >= 11 is 7.38. The Balaban J connectivity index is 1.39. The van der Waals surface area contributed by atoms with Gasteiger partial charge in [-0.2, -0.15) is 13.2 Å². The Bertz CT molecular complexity index is 1200. The average molecular weight is 509 g/mol. The minimum absolute atomic E-state index is 0.0656. The number of benzene rings is 2. The van der Waals surface area contributed by atoms with Gasteiger partial charge in [-0.1, -0.05) is 35.9 Å². The summed E-state index contributed by atoms with van der Waals surface area (Å²) in [6.07, 6.45) is -3.35. The van der Waals surface area contributed by atoms with Crippen molar-refractivity contribution in [2.75, 3.05) is 11.9 Å². The number of carbonyl (C=O) groups excluding carboxylic acids is 2. The van der Waals surface area contributed by atoms with E-state index in [1.54, 1.807) is 23.6 Å². The number of aromatic nitrogens is 1. The first-order valence-electron chi connectivity index (χ1n) is 10.4. The lowest BCUT2D eigenvalue weighted by Crippen LogP contribution is -2.45. The minimum Gasteiger partial charge on any atom is -0.350 e. The first-order chi connectivity index (χ1) is 16.2. The summed E-state index contributed by atoms with van der Waals surface area (Å²) in [5, 5.41) is 8.34. The van der Waals surface area contributed by atoms with E-state index in [0.717, 1.165) is 12.1 Å². The van der Waals surface area contributed by atoms with Crippen molar-refractivity contribution in [2.24, 2.45) is 0 Å². The molecular formula is C23H20ClF3N4O2S. The highest BCUT2D eigenvalue weighted by atomic mass is 35.5. The molecule has 1 aliphatic rings. The van der Waals surface area contributed by atoms with Gasteiger partial charge < -0.3 is 15.5 Å². The van der Waals surface area contributed by atoms with Gasteiger partial charge in [-0.3, -0.25) is 9.59 Å². The molecule has 0 bridgehead atoms. The van der Waals surface area contributed by atoms with Gasteiger partial charge in [0.05, 0.1) is 16.3 Å². The zero-order valence-corrected chi connectivity index (χ0v) is 19.3. The van der Waals surface area contributed by atoms with Crippen LogP contribution in [0.2, 0.25) is 5.02 Å². The minimum atomic E-state index is -4.46. The van der Waals surface area contributed by atoms with E-state index in [-0.39, 0.29) is 18.1 Å². The van der Waals surface area contributed by atoms with Crippen LogP contribution in [0.25, 0.3) is 0 Å². The van der Waals surface area contributed by atoms with Crippen LogP contribution in [0.5, 0.6) is 0 Å². The average Bonchev–Trinajstić information content (AvgIpc) is 3.48. The molecule has 1 atom stereocenters. The van der Waals surface area contributed by atoms with E-state index >= 15 is 0 Å². The first-order valence-corrected chi connectivity index (χ1v) is 11.7. The molecular weight excluding hydrogens is 489 g/mol. The normalized spacial score (nSPS) is 15.9. The number of likely N-dealkylation sites (tertiary alicyclic amines) is 1. The van der Waals surface area contributed by atoms with Crippen molar-refractivity contribution in [3.8, 4) is 0 Å². The summed E-state index contributed by atoms with van der Waals surface area (Å²) in [6, 6.07) is 11.2. The number of para-hydroxylation sites is 1. The number of amides is 2. The van der Waals surface area contributed by atoms with E-state index < -0.39 is 23.7 Å². The van der Waals surface area contributed by atoms with Crippen LogP contribution in [0.4, 0.5) is 24.0 Å². The number of alkyl halides is 3. The first kappa shape index (κ1) is 24.0. The number of carbonyl (C=O) groups is 2. The van der Waals surface area contributed by atoms with Gasteiger partial charge in [0.25, 0.3) is 5.91 Å². The Kier molecular flexibility index (Phi) is 7.08. The Morgan fingerprint density at radius 3 is 2.74 bits per heavy atom. The fourth-order valence-electron chi connectivity index (χ4n) is 3.70. The Morgan fingerprint density at radius 1 is 1.18 bits per heavy atom. The van der Waals surface area contributed by atoms with Crippen molar-refractivity contribution in [3.05, 3.63) is 75.8 Å². The summed E-state index contributed by atoms with van der Waals surface area (Å²) < 4.78 is 38.7. The van der Waals surface area contributed by atoms with Crippen LogP contribution in [-0.4, -0.2) is 34.3 Å². The van der Waals surface area contributed by atoms with Gasteiger partial charge in [-0.15, -0.1) is 11.3 Å². The lowest BCUT2D eigenvalue weighted by molar-refractivity contribution is -0.137. The Hall–Kier alpha value is -3.11. The van der Waals surface area contributed by atoms with Crippen LogP contribution in [0, 0.1) is 0 Å². The second-order valence-electron chi connectivity index (χ2n) is 7.72. The van der Waals surface area contributed by atoms with E-state index in [0.29, 0.717) is 40.8 Å². The summed E-state index contributed by atoms with van der Waals surface area (Å²) in [4.78, 5) is 31.6. The third-order valence-electron chi connectivity index (χ3n) is 5.38. The molecule has 0 radical (unpaired) electrons. The molecule has 0 spiro atoms. The maximum absolute atomic E-state index is 13.0. The number of rotatable bonds is 6. The highest BCUT2D eigenvalue weighted by molar-refractivity contribution is 7.14. The third-order valence-corrected chi connectivity index (χ3v) is 6.46. The topological polar surface area (TPSA) is 74.3 Å². The molecule has 178 valence electrons. The molecule has 1 aliphatic heterocycles. The monoisotopic (exact) mass is 508 g/mol. The maximum Gasteiger partial charge on any atom is 0.416 e. The molecule has 0 aliphatic carbocycles. The number of halogens is 4. The van der Waals surface area contributed by atoms with Gasteiger partial charge in [0.1, 0.15) is 11.7 Å². The molecule has 11 heteroatoms. The van der Waals surface area contributed by atoms with E-state index in [9.17, 15) is 22.8 Å². The number of anilines is 2. The van der Waals surface area contributed by atoms with E-state index in [4.69, 9.17) is 11.6 Å². The summed E-state index contributed by atoms with van der Waals surface area (Å²) in [5.74, 6) is -0.784. The zero-order chi connectivity index (χ0) is 24.3. The van der Waals surface area contributed by atoms with Crippen LogP contribution >= 0.6 is 22.9 Å². The van der Waals surface area contributed by atoms with Gasteiger partial charge in [0, 0.05) is 18.5 Å². The fraction of sp³-hybridized carbons (Fsp3) is 0.261. The predicted molar refractivity (Wildman–Crippen MR) is 124 cm³/mol. The van der Waals surface area contributed by atoms with Crippen LogP contribution in [0.3, 0.4) is 0 Å². The van der Waals surface area contributed by atoms with E-state index in [1.807, 2.05) is 6.07 Å². The molecule has 2 N–H and O–H groups in total. The zero-order valence-electron chi connectivity index (χ0n) is 17.7. The molecule has 3 aromatic rings. The van der Waals surface area contributed by atoms with Crippen molar-refractivity contribution in [3.63, 3.8) is 0 Å². The van der Waals surface area contributed by atoms with Crippen LogP contribution in [0.15, 0.2) is 53.9 Å². The molecule has 1 saturated heterocycles. The molecule has 1 aromatic heterocycles. The smallest absolute Gasteiger partial charge is 0.350 e. The van der Waals surface area contributed by atoms with E-state index in [1.165, 1.54) is 28.4 Å². The quantitative estimate of drug-likeness (QED) is 0.462. The lowest BCUT2D eigenvalue weighted by atomic mass is 10.1. The second kappa shape index (κ2) is 10.0. The maximum atomic E-state index is 13.0. The molecule has 4 rings (SSSR count). The van der Waals surface area contributed by atoms with Gasteiger partial charge in [0.2, 0.25) is 5.91 Å². The molecule has 0 saturated carbocycles. The Labute approximate surface area is 202 Å². The van der Waals surface area contributed by atoms with Crippen LogP contribution in [-0.2, 0) is 17.5 Å². The molecule has 2 aromatic carbocycles. The number of nitrogens with zero attached hydrogens (tertiary/aromatic N) is 2. The number of hydrogen-bond acceptors (Lipinski definition) is 5. The number of thiazole rings is 1. The predicted octanol–water partition coefficient (Wildman–Crippen LogP) is 5.48. The molecule has 2 heterocycles. The SMILES string of the molecule is O=C(NCc1cccc(C(F)(F)F)c1)C1CCCN1C(=O)c1csc(Nc2ccccc2Cl)n1. The molecule has 1 fully saturated rings. The van der Waals surface area contributed by atoms with Gasteiger partial charge >= 0.3 is 6.18 Å². The lowest BCUT2D eigenvalue weighted by Gasteiger charge is -2.23. The van der Waals surface area contributed by atoms with Crippen molar-refractivity contribution < 1.29 is 22.8 Å². The second-order valence-corrected chi connectivity index (χ2v) is 8.98. The molecule has 1 unspecified atom stereocenters. The van der Waals surface area contributed by atoms with Crippen LogP contribution in [0.1, 0.15) is 34.5 Å². The largest absolute Gasteiger partial charge is 0.416 e. The van der Waals surface area contributed by atoms with Gasteiger partial charge in [-0.05, 0) is 42.7 Å². The third kappa shape index (κ3) is 5.51. The van der Waals surface area contributed by atoms with E-state index in [2.05, 4.69) is 15.6 Å². The number of nitrogens with one attached hydrogen (secondary N) is 2. The van der Waals surface area contributed by atoms with Crippen LogP contribution < -0.4 is 10.6 Å². The Morgan fingerprint density at radius 2 is 1.97 bits per heavy atom. The standard InChI is InChI=1S/C23H20ClF3N4O2S/c24-16-7-1-2-8-17(16)29-22-30-18(13-34-22)21(33)31-10-4-9-19(31)20(32)28-12-14-5-3-6-15(11-14)23(25,26)27/h1-3,5-8,11,13,19H,4,9-10,12H2,(H,28,32)(H,29,30). The highest BCUT2D eigenvalue weighted by Crippen LogP contribution is 2.30. The summed E-state index contributed by atoms with van der Waals surface area (Å²) in [5.41, 5.74) is 0.415. The molecule has 34 heavy (non-hydrogen) atoms. The highest BCUT2D eigenvalue weighted by Gasteiger charge is 2.35. The van der Waals surface area contributed by atoms with Crippen molar-refractivity contribution >= 4 is 45.6 Å². The molecule has 2 amide bonds. The number of hydrogen-bond donors (Lipinski definition) is 2. The van der Waals surface area contributed by atoms with Crippen molar-refractivity contribution in [2.45, 2.75) is 31.6 Å². The van der Waals surface area contributed by atoms with Crippen molar-refractivity contribution in [1.29, 1.82) is 0 Å². The molecule has 6 nitrogen and oxygen atoms in total. The van der Waals surface area contributed by atoms with Gasteiger partial charge in [-0.25, -0.2) is 4.98 Å². The summed E-state index contributed by atoms with van der Waals surface area (Å²) in [6.45, 7) is 0.329.